The molecule has 3 N–H and O–H groups in total. The molecule has 7 heteroatoms. The second-order valence-electron chi connectivity index (χ2n) is 4.18. The molecule has 0 spiro atoms. The average Bonchev–Trinajstić information content (AvgIpc) is 2.85. The lowest BCUT2D eigenvalue weighted by Gasteiger charge is -2.03. The highest BCUT2D eigenvalue weighted by Crippen LogP contribution is 2.30. The molecule has 104 valence electrons. The summed E-state index contributed by atoms with van der Waals surface area (Å²) in [6.45, 7) is 3.87. The average molecular weight is 318 g/mol. The van der Waals surface area contributed by atoms with Gasteiger partial charge < -0.3 is 11.1 Å². The third-order valence-corrected chi connectivity index (χ3v) is 4.03. The van der Waals surface area contributed by atoms with E-state index in [1.165, 1.54) is 16.2 Å². The Kier molecular flexibility index (Phi) is 5.93. The fourth-order valence-electron chi connectivity index (χ4n) is 1.48. The standard InChI is InChI=1S/C12H15N3OS2.ClH/c1-7(13)5-11(16)15-12-14-9(6-17-12)10-4-3-8(2)18-10;/h3-4,6-7H,5,13H2,1-2H3,(H,14,15,16);1H. The van der Waals surface area contributed by atoms with Gasteiger partial charge in [0.05, 0.1) is 10.6 Å². The van der Waals surface area contributed by atoms with Crippen LogP contribution in [0.2, 0.25) is 0 Å². The Labute approximate surface area is 126 Å². The van der Waals surface area contributed by atoms with Gasteiger partial charge in [-0.2, -0.15) is 0 Å². The number of thiophene rings is 1. The number of nitrogens with two attached hydrogens (primary N) is 1. The summed E-state index contributed by atoms with van der Waals surface area (Å²) < 4.78 is 0. The van der Waals surface area contributed by atoms with E-state index < -0.39 is 0 Å². The first-order valence-corrected chi connectivity index (χ1v) is 7.32. The molecule has 2 aromatic rings. The maximum atomic E-state index is 11.6. The molecular weight excluding hydrogens is 302 g/mol. The molecule has 0 saturated carbocycles. The third kappa shape index (κ3) is 4.58. The number of thiazole rings is 1. The summed E-state index contributed by atoms with van der Waals surface area (Å²) in [4.78, 5) is 18.3. The molecule has 0 saturated heterocycles. The number of aromatic nitrogens is 1. The molecule has 19 heavy (non-hydrogen) atoms. The van der Waals surface area contributed by atoms with E-state index in [1.807, 2.05) is 11.4 Å². The van der Waals surface area contributed by atoms with Crippen LogP contribution in [-0.4, -0.2) is 16.9 Å². The van der Waals surface area contributed by atoms with Gasteiger partial charge in [0, 0.05) is 22.7 Å². The molecule has 2 heterocycles. The van der Waals surface area contributed by atoms with Crippen LogP contribution in [0.3, 0.4) is 0 Å². The predicted octanol–water partition coefficient (Wildman–Crippen LogP) is 3.28. The summed E-state index contributed by atoms with van der Waals surface area (Å²) in [5.41, 5.74) is 6.48. The van der Waals surface area contributed by atoms with Crippen molar-refractivity contribution >= 4 is 46.1 Å². The zero-order chi connectivity index (χ0) is 13.1. The molecule has 0 aromatic carbocycles. The molecule has 0 fully saturated rings. The number of carbonyl (C=O) groups is 1. The van der Waals surface area contributed by atoms with Crippen molar-refractivity contribution in [3.63, 3.8) is 0 Å². The van der Waals surface area contributed by atoms with E-state index in [0.29, 0.717) is 11.6 Å². The van der Waals surface area contributed by atoms with Crippen LogP contribution in [0, 0.1) is 6.92 Å². The summed E-state index contributed by atoms with van der Waals surface area (Å²) in [6, 6.07) is 3.97. The Morgan fingerprint density at radius 3 is 2.84 bits per heavy atom. The van der Waals surface area contributed by atoms with Gasteiger partial charge in [0.2, 0.25) is 5.91 Å². The van der Waals surface area contributed by atoms with Crippen LogP contribution in [0.1, 0.15) is 18.2 Å². The van der Waals surface area contributed by atoms with Crippen LogP contribution in [0.4, 0.5) is 5.13 Å². The van der Waals surface area contributed by atoms with E-state index in [4.69, 9.17) is 5.73 Å². The van der Waals surface area contributed by atoms with Gasteiger partial charge in [0.15, 0.2) is 5.13 Å². The van der Waals surface area contributed by atoms with Crippen molar-refractivity contribution < 1.29 is 4.79 Å². The maximum absolute atomic E-state index is 11.6. The predicted molar refractivity (Wildman–Crippen MR) is 84.3 cm³/mol. The minimum Gasteiger partial charge on any atom is -0.327 e. The molecule has 0 aliphatic rings. The van der Waals surface area contributed by atoms with Crippen molar-refractivity contribution in [2.45, 2.75) is 26.3 Å². The monoisotopic (exact) mass is 317 g/mol. The maximum Gasteiger partial charge on any atom is 0.227 e. The third-order valence-electron chi connectivity index (χ3n) is 2.25. The number of amides is 1. The molecule has 0 aliphatic carbocycles. The number of halogens is 1. The normalized spacial score (nSPS) is 11.7. The van der Waals surface area contributed by atoms with Gasteiger partial charge in [-0.15, -0.1) is 35.1 Å². The summed E-state index contributed by atoms with van der Waals surface area (Å²) in [7, 11) is 0. The second-order valence-corrected chi connectivity index (χ2v) is 6.32. The van der Waals surface area contributed by atoms with Crippen LogP contribution in [0.25, 0.3) is 10.6 Å². The molecule has 4 nitrogen and oxygen atoms in total. The lowest BCUT2D eigenvalue weighted by molar-refractivity contribution is -0.116. The highest BCUT2D eigenvalue weighted by molar-refractivity contribution is 7.17. The number of nitrogens with one attached hydrogen (secondary N) is 1. The first-order valence-electron chi connectivity index (χ1n) is 5.62. The lowest BCUT2D eigenvalue weighted by Crippen LogP contribution is -2.23. The van der Waals surface area contributed by atoms with Crippen molar-refractivity contribution in [2.24, 2.45) is 5.73 Å². The first-order chi connectivity index (χ1) is 8.54. The number of nitrogens with zero attached hydrogens (tertiary/aromatic N) is 1. The van der Waals surface area contributed by atoms with Crippen molar-refractivity contribution in [3.8, 4) is 10.6 Å². The van der Waals surface area contributed by atoms with Crippen LogP contribution in [0.5, 0.6) is 0 Å². The fourth-order valence-corrected chi connectivity index (χ4v) is 3.11. The number of hydrogen-bond donors (Lipinski definition) is 2. The van der Waals surface area contributed by atoms with E-state index in [2.05, 4.69) is 23.3 Å². The number of hydrogen-bond acceptors (Lipinski definition) is 5. The van der Waals surface area contributed by atoms with Gasteiger partial charge in [-0.25, -0.2) is 4.98 Å². The zero-order valence-electron chi connectivity index (χ0n) is 10.7. The first kappa shape index (κ1) is 16.1. The van der Waals surface area contributed by atoms with Gasteiger partial charge in [0.1, 0.15) is 0 Å². The summed E-state index contributed by atoms with van der Waals surface area (Å²) in [5, 5.41) is 5.34. The van der Waals surface area contributed by atoms with Crippen LogP contribution in [0.15, 0.2) is 17.5 Å². The minimum absolute atomic E-state index is 0. The molecule has 1 amide bonds. The number of anilines is 1. The number of rotatable bonds is 4. The topological polar surface area (TPSA) is 68.0 Å². The largest absolute Gasteiger partial charge is 0.327 e. The van der Waals surface area contributed by atoms with Crippen LogP contribution >= 0.6 is 35.1 Å². The zero-order valence-corrected chi connectivity index (χ0v) is 13.1. The SMILES string of the molecule is Cc1ccc(-c2csc(NC(=O)CC(C)N)n2)s1.Cl. The van der Waals surface area contributed by atoms with E-state index in [-0.39, 0.29) is 24.4 Å². The lowest BCUT2D eigenvalue weighted by atomic mass is 10.2. The fraction of sp³-hybridized carbons (Fsp3) is 0.333. The molecule has 2 aromatic heterocycles. The van der Waals surface area contributed by atoms with E-state index in [9.17, 15) is 4.79 Å². The molecule has 0 bridgehead atoms. The van der Waals surface area contributed by atoms with Gasteiger partial charge in [0.25, 0.3) is 0 Å². The van der Waals surface area contributed by atoms with E-state index >= 15 is 0 Å². The van der Waals surface area contributed by atoms with Gasteiger partial charge in [-0.3, -0.25) is 4.79 Å². The van der Waals surface area contributed by atoms with Gasteiger partial charge in [-0.1, -0.05) is 0 Å². The molecule has 1 unspecified atom stereocenters. The van der Waals surface area contributed by atoms with Crippen molar-refractivity contribution in [1.82, 2.24) is 4.98 Å². The van der Waals surface area contributed by atoms with Gasteiger partial charge >= 0.3 is 0 Å². The van der Waals surface area contributed by atoms with E-state index in [1.54, 1.807) is 18.3 Å². The summed E-state index contributed by atoms with van der Waals surface area (Å²) in [5.74, 6) is -0.0896. The van der Waals surface area contributed by atoms with Crippen LogP contribution < -0.4 is 11.1 Å². The Morgan fingerprint density at radius 1 is 1.53 bits per heavy atom. The molecule has 1 atom stereocenters. The Morgan fingerprint density at radius 2 is 2.26 bits per heavy atom. The van der Waals surface area contributed by atoms with Crippen LogP contribution in [-0.2, 0) is 4.79 Å². The Bertz CT molecular complexity index is 551. The smallest absolute Gasteiger partial charge is 0.227 e. The van der Waals surface area contributed by atoms with Crippen molar-refractivity contribution in [1.29, 1.82) is 0 Å². The van der Waals surface area contributed by atoms with E-state index in [0.717, 1.165) is 10.6 Å². The highest BCUT2D eigenvalue weighted by atomic mass is 35.5. The van der Waals surface area contributed by atoms with Gasteiger partial charge in [-0.05, 0) is 26.0 Å². The molecule has 0 radical (unpaired) electrons. The van der Waals surface area contributed by atoms with Crippen molar-refractivity contribution in [3.05, 3.63) is 22.4 Å². The minimum atomic E-state index is -0.135. The highest BCUT2D eigenvalue weighted by Gasteiger charge is 2.10. The summed E-state index contributed by atoms with van der Waals surface area (Å²) in [6.07, 6.45) is 0.313. The second kappa shape index (κ2) is 7.00. The molecule has 2 rings (SSSR count). The quantitative estimate of drug-likeness (QED) is 0.909. The number of aryl methyl sites for hydroxylation is 1. The molecule has 0 aliphatic heterocycles. The molecular formula is C12H16ClN3OS2. The Balaban J connectivity index is 0.00000180. The van der Waals surface area contributed by atoms with Crippen molar-refractivity contribution in [2.75, 3.05) is 5.32 Å². The summed E-state index contributed by atoms with van der Waals surface area (Å²) >= 11 is 3.13. The number of carbonyl (C=O) groups excluding carboxylic acids is 1. The Hall–Kier alpha value is -0.950.